The third-order valence-electron chi connectivity index (χ3n) is 1.84. The molecule has 2 amide bonds. The average Bonchev–Trinajstić information content (AvgIpc) is 2.23. The Morgan fingerprint density at radius 1 is 1.22 bits per heavy atom. The van der Waals surface area contributed by atoms with E-state index in [9.17, 15) is 9.59 Å². The van der Waals surface area contributed by atoms with E-state index < -0.39 is 11.8 Å². The van der Waals surface area contributed by atoms with Gasteiger partial charge in [-0.3, -0.25) is 9.59 Å². The Balaban J connectivity index is 0.000000411. The number of phenolic OH excluding ortho intramolecular Hbond substituents is 2. The number of carbonyl (C=O) groups excluding carboxylic acids is 2. The molecule has 0 saturated carbocycles. The molecule has 6 heteroatoms. The van der Waals surface area contributed by atoms with Crippen molar-refractivity contribution in [1.29, 1.82) is 0 Å². The van der Waals surface area contributed by atoms with E-state index in [4.69, 9.17) is 21.7 Å². The lowest BCUT2D eigenvalue weighted by molar-refractivity contribution is -0.117. The molecule has 0 atom stereocenters. The van der Waals surface area contributed by atoms with Gasteiger partial charge in [0, 0.05) is 5.57 Å². The lowest BCUT2D eigenvalue weighted by Crippen LogP contribution is -2.13. The highest BCUT2D eigenvalue weighted by Crippen LogP contribution is 2.24. The quantitative estimate of drug-likeness (QED) is 0.451. The predicted octanol–water partition coefficient (Wildman–Crippen LogP) is 0.173. The van der Waals surface area contributed by atoms with Gasteiger partial charge in [0.15, 0.2) is 11.5 Å². The van der Waals surface area contributed by atoms with Gasteiger partial charge in [0.05, 0.1) is 6.42 Å². The molecule has 98 valence electrons. The molecule has 0 aromatic heterocycles. The zero-order valence-corrected chi connectivity index (χ0v) is 10.0. The van der Waals surface area contributed by atoms with Gasteiger partial charge in [0.25, 0.3) is 0 Å². The maximum absolute atomic E-state index is 10.4. The first-order valence-corrected chi connectivity index (χ1v) is 4.98. The number of rotatable bonds is 3. The third-order valence-corrected chi connectivity index (χ3v) is 1.84. The SMILES string of the molecule is C=C(C)C(N)=O.NC(=O)Cc1ccc(O)c(O)c1. The van der Waals surface area contributed by atoms with Crippen LogP contribution in [0.5, 0.6) is 11.5 Å². The van der Waals surface area contributed by atoms with Crippen LogP contribution in [0.25, 0.3) is 0 Å². The Morgan fingerprint density at radius 3 is 2.06 bits per heavy atom. The summed E-state index contributed by atoms with van der Waals surface area (Å²) < 4.78 is 0. The molecule has 0 unspecified atom stereocenters. The summed E-state index contributed by atoms with van der Waals surface area (Å²) in [6.45, 7) is 4.85. The van der Waals surface area contributed by atoms with Gasteiger partial charge < -0.3 is 21.7 Å². The van der Waals surface area contributed by atoms with Crippen LogP contribution in [-0.4, -0.2) is 22.0 Å². The summed E-state index contributed by atoms with van der Waals surface area (Å²) in [6, 6.07) is 4.15. The molecule has 6 nitrogen and oxygen atoms in total. The van der Waals surface area contributed by atoms with Gasteiger partial charge in [-0.2, -0.15) is 0 Å². The van der Waals surface area contributed by atoms with E-state index >= 15 is 0 Å². The highest BCUT2D eigenvalue weighted by Gasteiger charge is 2.02. The summed E-state index contributed by atoms with van der Waals surface area (Å²) in [7, 11) is 0. The van der Waals surface area contributed by atoms with Crippen molar-refractivity contribution in [2.75, 3.05) is 0 Å². The number of hydrogen-bond donors (Lipinski definition) is 4. The first-order chi connectivity index (χ1) is 8.23. The first-order valence-electron chi connectivity index (χ1n) is 4.98. The number of carbonyl (C=O) groups is 2. The number of aromatic hydroxyl groups is 2. The van der Waals surface area contributed by atoms with Gasteiger partial charge in [0.2, 0.25) is 11.8 Å². The Hall–Kier alpha value is -2.50. The van der Waals surface area contributed by atoms with Gasteiger partial charge in [-0.1, -0.05) is 12.6 Å². The molecule has 0 bridgehead atoms. The molecule has 0 fully saturated rings. The fourth-order valence-corrected chi connectivity index (χ4v) is 0.880. The number of hydrogen-bond acceptors (Lipinski definition) is 4. The van der Waals surface area contributed by atoms with Gasteiger partial charge in [-0.05, 0) is 24.6 Å². The molecular weight excluding hydrogens is 236 g/mol. The fourth-order valence-electron chi connectivity index (χ4n) is 0.880. The monoisotopic (exact) mass is 252 g/mol. The topological polar surface area (TPSA) is 127 Å². The number of amides is 2. The number of phenols is 2. The maximum atomic E-state index is 10.4. The lowest BCUT2D eigenvalue weighted by atomic mass is 10.1. The van der Waals surface area contributed by atoms with E-state index in [2.05, 4.69) is 6.58 Å². The molecule has 0 aliphatic carbocycles. The van der Waals surface area contributed by atoms with Crippen LogP contribution < -0.4 is 11.5 Å². The molecule has 0 radical (unpaired) electrons. The van der Waals surface area contributed by atoms with Crippen molar-refractivity contribution in [3.8, 4) is 11.5 Å². The number of benzene rings is 1. The summed E-state index contributed by atoms with van der Waals surface area (Å²) in [4.78, 5) is 20.3. The molecule has 18 heavy (non-hydrogen) atoms. The summed E-state index contributed by atoms with van der Waals surface area (Å²) in [5.74, 6) is -1.35. The van der Waals surface area contributed by atoms with E-state index in [0.717, 1.165) is 0 Å². The van der Waals surface area contributed by atoms with Crippen LogP contribution in [0.2, 0.25) is 0 Å². The standard InChI is InChI=1S/C8H9NO3.C4H7NO/c9-8(12)4-5-1-2-6(10)7(11)3-5;1-3(2)4(5)6/h1-3,10-11H,4H2,(H2,9,12);1H2,2H3,(H2,5,6). The van der Waals surface area contributed by atoms with E-state index in [1.165, 1.54) is 18.2 Å². The molecule has 0 saturated heterocycles. The molecule has 0 aliphatic heterocycles. The van der Waals surface area contributed by atoms with Gasteiger partial charge in [-0.15, -0.1) is 0 Å². The second-order valence-electron chi connectivity index (χ2n) is 3.61. The number of primary amides is 2. The van der Waals surface area contributed by atoms with Crippen LogP contribution in [0.1, 0.15) is 12.5 Å². The van der Waals surface area contributed by atoms with E-state index in [1.807, 2.05) is 0 Å². The van der Waals surface area contributed by atoms with Crippen LogP contribution in [-0.2, 0) is 16.0 Å². The Morgan fingerprint density at radius 2 is 1.72 bits per heavy atom. The van der Waals surface area contributed by atoms with Crippen molar-refractivity contribution in [1.82, 2.24) is 0 Å². The maximum Gasteiger partial charge on any atom is 0.243 e. The highest BCUT2D eigenvalue weighted by molar-refractivity contribution is 5.90. The predicted molar refractivity (Wildman–Crippen MR) is 66.7 cm³/mol. The van der Waals surface area contributed by atoms with E-state index in [0.29, 0.717) is 11.1 Å². The lowest BCUT2D eigenvalue weighted by Gasteiger charge is -2.00. The molecule has 6 N–H and O–H groups in total. The van der Waals surface area contributed by atoms with Gasteiger partial charge >= 0.3 is 0 Å². The summed E-state index contributed by atoms with van der Waals surface area (Å²) >= 11 is 0. The van der Waals surface area contributed by atoms with Crippen LogP contribution >= 0.6 is 0 Å². The second-order valence-corrected chi connectivity index (χ2v) is 3.61. The minimum absolute atomic E-state index is 0.0633. The molecule has 0 aliphatic rings. The van der Waals surface area contributed by atoms with Crippen molar-refractivity contribution >= 4 is 11.8 Å². The van der Waals surface area contributed by atoms with Crippen LogP contribution in [0, 0.1) is 0 Å². The minimum Gasteiger partial charge on any atom is -0.504 e. The summed E-state index contributed by atoms with van der Waals surface area (Å²) in [5, 5.41) is 17.9. The summed E-state index contributed by atoms with van der Waals surface area (Å²) in [6.07, 6.45) is 0.0633. The first kappa shape index (κ1) is 15.5. The van der Waals surface area contributed by atoms with Crippen LogP contribution in [0.3, 0.4) is 0 Å². The van der Waals surface area contributed by atoms with Crippen molar-refractivity contribution < 1.29 is 19.8 Å². The molecule has 1 rings (SSSR count). The molecule has 1 aromatic carbocycles. The normalized spacial score (nSPS) is 8.94. The Kier molecular flexibility index (Phi) is 5.98. The largest absolute Gasteiger partial charge is 0.504 e. The average molecular weight is 252 g/mol. The van der Waals surface area contributed by atoms with Crippen molar-refractivity contribution in [3.63, 3.8) is 0 Å². The smallest absolute Gasteiger partial charge is 0.243 e. The van der Waals surface area contributed by atoms with E-state index in [1.54, 1.807) is 6.92 Å². The molecular formula is C12H16N2O4. The second kappa shape index (κ2) is 6.95. The zero-order chi connectivity index (χ0) is 14.3. The van der Waals surface area contributed by atoms with Crippen LogP contribution in [0.15, 0.2) is 30.4 Å². The summed E-state index contributed by atoms with van der Waals surface area (Å²) in [5.41, 5.74) is 10.6. The highest BCUT2D eigenvalue weighted by atomic mass is 16.3. The fraction of sp³-hybridized carbons (Fsp3) is 0.167. The van der Waals surface area contributed by atoms with Gasteiger partial charge in [-0.25, -0.2) is 0 Å². The molecule has 0 spiro atoms. The van der Waals surface area contributed by atoms with Crippen molar-refractivity contribution in [2.45, 2.75) is 13.3 Å². The van der Waals surface area contributed by atoms with Crippen LogP contribution in [0.4, 0.5) is 0 Å². The molecule has 1 aromatic rings. The van der Waals surface area contributed by atoms with Gasteiger partial charge in [0.1, 0.15) is 0 Å². The number of nitrogens with two attached hydrogens (primary N) is 2. The third kappa shape index (κ3) is 6.16. The van der Waals surface area contributed by atoms with Crippen molar-refractivity contribution in [2.24, 2.45) is 11.5 Å². The van der Waals surface area contributed by atoms with Crippen molar-refractivity contribution in [3.05, 3.63) is 35.9 Å². The zero-order valence-electron chi connectivity index (χ0n) is 10.0. The minimum atomic E-state index is -0.472. The van der Waals surface area contributed by atoms with E-state index in [-0.39, 0.29) is 17.9 Å². The Labute approximate surface area is 105 Å². The Bertz CT molecular complexity index is 457. The molecule has 0 heterocycles.